The third-order valence-corrected chi connectivity index (χ3v) is 10.6. The van der Waals surface area contributed by atoms with Crippen LogP contribution in [-0.4, -0.2) is 80.7 Å². The van der Waals surface area contributed by atoms with Crippen LogP contribution in [0.5, 0.6) is 0 Å². The molecule has 2 bridgehead atoms. The van der Waals surface area contributed by atoms with Gasteiger partial charge in [-0.25, -0.2) is 0 Å². The van der Waals surface area contributed by atoms with Crippen LogP contribution in [0, 0.1) is 34.0 Å². The number of aliphatic hydroxyl groups excluding tert-OH is 5. The average molecular weight is 495 g/mol. The summed E-state index contributed by atoms with van der Waals surface area (Å²) in [6.07, 6.45) is -3.52. The second-order valence-electron chi connectivity index (χ2n) is 12.1. The van der Waals surface area contributed by atoms with E-state index in [1.807, 2.05) is 6.92 Å². The largest absolute Gasteiger partial charge is 0.432 e. The molecule has 0 aromatic carbocycles. The summed E-state index contributed by atoms with van der Waals surface area (Å²) in [6, 6.07) is 0. The van der Waals surface area contributed by atoms with Gasteiger partial charge in [0.15, 0.2) is 5.78 Å². The van der Waals surface area contributed by atoms with E-state index in [0.29, 0.717) is 37.7 Å². The first-order chi connectivity index (χ1) is 16.4. The van der Waals surface area contributed by atoms with Crippen LogP contribution in [0.2, 0.25) is 0 Å². The highest BCUT2D eigenvalue weighted by molar-refractivity contribution is 6.03. The maximum atomic E-state index is 13.7. The summed E-state index contributed by atoms with van der Waals surface area (Å²) in [6.45, 7) is 7.41. The van der Waals surface area contributed by atoms with E-state index < -0.39 is 60.2 Å². The van der Waals surface area contributed by atoms with Crippen molar-refractivity contribution < 1.29 is 44.6 Å². The summed E-state index contributed by atoms with van der Waals surface area (Å²) in [5, 5.41) is 50.9. The van der Waals surface area contributed by atoms with Crippen molar-refractivity contribution in [3.8, 4) is 0 Å². The number of hydrogen-bond acceptors (Lipinski definition) is 9. The lowest BCUT2D eigenvalue weighted by Crippen LogP contribution is -2.62. The van der Waals surface area contributed by atoms with Crippen LogP contribution in [-0.2, 0) is 19.1 Å². The molecule has 12 atom stereocenters. The first-order valence-corrected chi connectivity index (χ1v) is 12.8. The summed E-state index contributed by atoms with van der Waals surface area (Å²) in [5.74, 6) is -0.830. The van der Waals surface area contributed by atoms with E-state index in [-0.39, 0.29) is 29.0 Å². The predicted octanol–water partition coefficient (Wildman–Crippen LogP) is 0.448. The van der Waals surface area contributed by atoms with E-state index in [0.717, 1.165) is 12.8 Å². The zero-order valence-corrected chi connectivity index (χ0v) is 20.4. The molecule has 1 saturated heterocycles. The first kappa shape index (κ1) is 25.3. The zero-order chi connectivity index (χ0) is 25.5. The normalized spacial score (nSPS) is 53.6. The molecular formula is C26H38O9. The summed E-state index contributed by atoms with van der Waals surface area (Å²) >= 11 is 0. The molecule has 0 aromatic rings. The van der Waals surface area contributed by atoms with Gasteiger partial charge in [-0.2, -0.15) is 0 Å². The summed E-state index contributed by atoms with van der Waals surface area (Å²) < 4.78 is 11.0. The zero-order valence-electron chi connectivity index (χ0n) is 20.4. The topological polar surface area (TPSA) is 154 Å². The fraction of sp³-hybridized carbons (Fsp3) is 0.846. The minimum absolute atomic E-state index is 0.0635. The van der Waals surface area contributed by atoms with E-state index in [1.54, 1.807) is 0 Å². The number of ketones is 1. The molecule has 5 rings (SSSR count). The predicted molar refractivity (Wildman–Crippen MR) is 121 cm³/mol. The van der Waals surface area contributed by atoms with Crippen LogP contribution in [0.15, 0.2) is 12.2 Å². The highest BCUT2D eigenvalue weighted by Crippen LogP contribution is 2.71. The van der Waals surface area contributed by atoms with Crippen LogP contribution < -0.4 is 0 Å². The lowest BCUT2D eigenvalue weighted by molar-refractivity contribution is -0.298. The average Bonchev–Trinajstić information content (AvgIpc) is 3.03. The van der Waals surface area contributed by atoms with Crippen molar-refractivity contribution in [1.82, 2.24) is 0 Å². The molecule has 0 amide bonds. The van der Waals surface area contributed by atoms with E-state index in [4.69, 9.17) is 9.47 Å². The molecule has 5 fully saturated rings. The summed E-state index contributed by atoms with van der Waals surface area (Å²) in [4.78, 5) is 27.1. The third kappa shape index (κ3) is 3.35. The van der Waals surface area contributed by atoms with Gasteiger partial charge in [0, 0.05) is 11.3 Å². The van der Waals surface area contributed by atoms with Crippen molar-refractivity contribution in [2.24, 2.45) is 34.0 Å². The molecule has 0 unspecified atom stereocenters. The van der Waals surface area contributed by atoms with Crippen LogP contribution in [0.25, 0.3) is 0 Å². The fourth-order valence-corrected chi connectivity index (χ4v) is 8.72. The van der Waals surface area contributed by atoms with Crippen LogP contribution >= 0.6 is 0 Å². The summed E-state index contributed by atoms with van der Waals surface area (Å²) in [7, 11) is 0. The quantitative estimate of drug-likeness (QED) is 0.278. The number of rotatable bonds is 3. The van der Waals surface area contributed by atoms with Gasteiger partial charge in [0.2, 0.25) is 6.29 Å². The number of esters is 1. The van der Waals surface area contributed by atoms with Crippen molar-refractivity contribution >= 4 is 11.8 Å². The third-order valence-electron chi connectivity index (χ3n) is 10.6. The molecule has 35 heavy (non-hydrogen) atoms. The van der Waals surface area contributed by atoms with Gasteiger partial charge >= 0.3 is 5.97 Å². The Bertz CT molecular complexity index is 918. The standard InChI is InChI=1S/C26H38O9/c1-12-13-10-26(21(12)32)8-5-16-24(2,17(26)9-14(13)28)6-4-7-25(16,3)23(33)35-22-20(31)19(30)18(29)15(11-27)34-22/h13-20,22,27-31H,1,4-11H2,2-3H3/t13-,14-,15-,16-,17-,18-,19+,20-,22+,24-,25-,26-/m1/s1. The minimum atomic E-state index is -1.66. The van der Waals surface area contributed by atoms with Gasteiger partial charge in [-0.3, -0.25) is 9.59 Å². The highest BCUT2D eigenvalue weighted by atomic mass is 16.7. The van der Waals surface area contributed by atoms with Crippen LogP contribution in [0.4, 0.5) is 0 Å². The number of carbonyl (C=O) groups excluding carboxylic acids is 2. The lowest BCUT2D eigenvalue weighted by Gasteiger charge is -2.63. The summed E-state index contributed by atoms with van der Waals surface area (Å²) in [5.41, 5.74) is -1.27. The number of hydrogen-bond donors (Lipinski definition) is 5. The highest BCUT2D eigenvalue weighted by Gasteiger charge is 2.69. The number of fused-ring (bicyclic) bond motifs is 3. The van der Waals surface area contributed by atoms with Gasteiger partial charge in [0.05, 0.1) is 18.1 Å². The second-order valence-corrected chi connectivity index (χ2v) is 12.1. The molecule has 1 aliphatic heterocycles. The first-order valence-electron chi connectivity index (χ1n) is 12.8. The van der Waals surface area contributed by atoms with Crippen molar-refractivity contribution in [3.05, 3.63) is 12.2 Å². The Balaban J connectivity index is 1.42. The van der Waals surface area contributed by atoms with Gasteiger partial charge in [-0.15, -0.1) is 0 Å². The molecule has 5 aliphatic rings. The lowest BCUT2D eigenvalue weighted by atomic mass is 9.40. The molecule has 4 saturated carbocycles. The van der Waals surface area contributed by atoms with E-state index in [2.05, 4.69) is 13.5 Å². The molecule has 196 valence electrons. The van der Waals surface area contributed by atoms with Crippen molar-refractivity contribution in [1.29, 1.82) is 0 Å². The molecule has 1 spiro atoms. The Morgan fingerprint density at radius 3 is 2.49 bits per heavy atom. The van der Waals surface area contributed by atoms with Crippen molar-refractivity contribution in [2.75, 3.05) is 6.61 Å². The molecule has 0 aromatic heterocycles. The fourth-order valence-electron chi connectivity index (χ4n) is 8.72. The number of carbonyl (C=O) groups is 2. The van der Waals surface area contributed by atoms with Crippen molar-refractivity contribution in [3.63, 3.8) is 0 Å². The Kier molecular flexibility index (Phi) is 6.02. The Hall–Kier alpha value is -1.36. The second kappa shape index (κ2) is 8.33. The Morgan fingerprint density at radius 2 is 1.80 bits per heavy atom. The van der Waals surface area contributed by atoms with Gasteiger partial charge in [-0.05, 0) is 68.3 Å². The van der Waals surface area contributed by atoms with E-state index >= 15 is 0 Å². The van der Waals surface area contributed by atoms with Gasteiger partial charge in [-0.1, -0.05) is 19.9 Å². The maximum absolute atomic E-state index is 13.7. The van der Waals surface area contributed by atoms with Gasteiger partial charge < -0.3 is 35.0 Å². The smallest absolute Gasteiger partial charge is 0.314 e. The monoisotopic (exact) mass is 494 g/mol. The molecule has 0 radical (unpaired) electrons. The van der Waals surface area contributed by atoms with Gasteiger partial charge in [0.25, 0.3) is 0 Å². The Morgan fingerprint density at radius 1 is 1.09 bits per heavy atom. The van der Waals surface area contributed by atoms with E-state index in [9.17, 15) is 35.1 Å². The van der Waals surface area contributed by atoms with Crippen molar-refractivity contribution in [2.45, 2.75) is 95.6 Å². The maximum Gasteiger partial charge on any atom is 0.314 e. The SMILES string of the molecule is C=C1C(=O)[C@@]23CC[C@@H]4[C@@](C)(CCC[C@@]4(C)C(=O)O[C@@H]4O[C@H](CO)[C@@H](O)[C@H](O)[C@H]4O)[C@H]2C[C@@H](O)[C@@H]1C3. The van der Waals surface area contributed by atoms with Crippen LogP contribution in [0.1, 0.15) is 58.8 Å². The molecule has 1 heterocycles. The molecule has 9 nitrogen and oxygen atoms in total. The number of aliphatic hydroxyl groups is 5. The van der Waals surface area contributed by atoms with Crippen LogP contribution in [0.3, 0.4) is 0 Å². The minimum Gasteiger partial charge on any atom is -0.432 e. The molecule has 9 heteroatoms. The molecule has 4 aliphatic carbocycles. The van der Waals surface area contributed by atoms with Gasteiger partial charge in [0.1, 0.15) is 24.4 Å². The molecule has 5 N–H and O–H groups in total. The van der Waals surface area contributed by atoms with E-state index in [1.165, 1.54) is 0 Å². The number of ether oxygens (including phenoxy) is 2. The number of Topliss-reactive ketones (excluding diaryl/α,β-unsaturated/α-hetero) is 1. The molecular weight excluding hydrogens is 456 g/mol. The Labute approximate surface area is 205 Å².